The molecule has 0 saturated carbocycles. The number of nitrogens with zero attached hydrogens (tertiary/aromatic N) is 2. The van der Waals surface area contributed by atoms with Crippen LogP contribution >= 0.6 is 12.2 Å². The molecule has 1 fully saturated rings. The lowest BCUT2D eigenvalue weighted by molar-refractivity contribution is 0.151. The Hall–Kier alpha value is -0.280. The Morgan fingerprint density at radius 2 is 1.88 bits per heavy atom. The first-order chi connectivity index (χ1) is 7.45. The molecular formula is C8H17N3O3S2. The summed E-state index contributed by atoms with van der Waals surface area (Å²) in [5.41, 5.74) is 5.24. The second-order valence-corrected chi connectivity index (χ2v) is 6.18. The number of hydrogen-bond acceptors (Lipinski definition) is 5. The van der Waals surface area contributed by atoms with Gasteiger partial charge in [0.15, 0.2) is 0 Å². The van der Waals surface area contributed by atoms with Gasteiger partial charge in [0.25, 0.3) is 0 Å². The normalized spacial score (nSPS) is 19.8. The van der Waals surface area contributed by atoms with E-state index in [1.807, 2.05) is 4.90 Å². The van der Waals surface area contributed by atoms with E-state index in [1.54, 1.807) is 0 Å². The van der Waals surface area contributed by atoms with Crippen LogP contribution in [0.5, 0.6) is 0 Å². The van der Waals surface area contributed by atoms with E-state index in [2.05, 4.69) is 12.2 Å². The summed E-state index contributed by atoms with van der Waals surface area (Å²) in [6.07, 6.45) is 0. The van der Waals surface area contributed by atoms with Crippen molar-refractivity contribution in [2.75, 3.05) is 45.1 Å². The summed E-state index contributed by atoms with van der Waals surface area (Å²) >= 11 is 4.61. The van der Waals surface area contributed by atoms with Crippen molar-refractivity contribution in [1.82, 2.24) is 9.21 Å². The smallest absolute Gasteiger partial charge is 0.220 e. The SMILES string of the molecule is NC(=S)CS(=O)(=O)N1CCN(CCO)CC1. The molecule has 3 N–H and O–H groups in total. The zero-order valence-corrected chi connectivity index (χ0v) is 10.6. The number of nitrogens with two attached hydrogens (primary N) is 1. The monoisotopic (exact) mass is 267 g/mol. The van der Waals surface area contributed by atoms with Crippen LogP contribution in [0.4, 0.5) is 0 Å². The number of piperazine rings is 1. The summed E-state index contributed by atoms with van der Waals surface area (Å²) in [4.78, 5) is 2.02. The summed E-state index contributed by atoms with van der Waals surface area (Å²) < 4.78 is 24.9. The highest BCUT2D eigenvalue weighted by molar-refractivity contribution is 7.92. The lowest BCUT2D eigenvalue weighted by Crippen LogP contribution is -2.50. The van der Waals surface area contributed by atoms with E-state index in [0.717, 1.165) is 0 Å². The van der Waals surface area contributed by atoms with Crippen molar-refractivity contribution in [2.24, 2.45) is 5.73 Å². The van der Waals surface area contributed by atoms with E-state index in [0.29, 0.717) is 32.7 Å². The van der Waals surface area contributed by atoms with Crippen molar-refractivity contribution in [1.29, 1.82) is 0 Å². The number of aliphatic hydroxyl groups is 1. The molecule has 8 heteroatoms. The zero-order chi connectivity index (χ0) is 12.2. The molecule has 0 unspecified atom stereocenters. The first-order valence-electron chi connectivity index (χ1n) is 5.05. The van der Waals surface area contributed by atoms with Crippen LogP contribution in [0.1, 0.15) is 0 Å². The first-order valence-corrected chi connectivity index (χ1v) is 7.07. The standard InChI is InChI=1S/C8H17N3O3S2/c9-8(15)7-16(13,14)11-3-1-10(2-4-11)5-6-12/h12H,1-7H2,(H2,9,15). The van der Waals surface area contributed by atoms with Gasteiger partial charge in [-0.25, -0.2) is 8.42 Å². The van der Waals surface area contributed by atoms with Crippen molar-refractivity contribution in [3.05, 3.63) is 0 Å². The van der Waals surface area contributed by atoms with E-state index in [1.165, 1.54) is 4.31 Å². The van der Waals surface area contributed by atoms with Crippen LogP contribution in [-0.4, -0.2) is 72.8 Å². The number of β-amino-alcohol motifs (C(OH)–C–C–N with tert-alkyl or cyclic N) is 1. The molecule has 16 heavy (non-hydrogen) atoms. The van der Waals surface area contributed by atoms with Gasteiger partial charge in [0.2, 0.25) is 10.0 Å². The number of sulfonamides is 1. The predicted octanol–water partition coefficient (Wildman–Crippen LogP) is -1.79. The molecule has 0 aliphatic carbocycles. The average molecular weight is 267 g/mol. The molecule has 0 radical (unpaired) electrons. The van der Waals surface area contributed by atoms with Crippen molar-refractivity contribution in [3.8, 4) is 0 Å². The van der Waals surface area contributed by atoms with Gasteiger partial charge >= 0.3 is 0 Å². The Balaban J connectivity index is 2.50. The number of rotatable bonds is 5. The minimum atomic E-state index is -3.34. The van der Waals surface area contributed by atoms with Crippen LogP contribution in [0.3, 0.4) is 0 Å². The molecule has 6 nitrogen and oxygen atoms in total. The average Bonchev–Trinajstić information content (AvgIpc) is 2.17. The van der Waals surface area contributed by atoms with Gasteiger partial charge in [-0.15, -0.1) is 0 Å². The highest BCUT2D eigenvalue weighted by Gasteiger charge is 2.26. The second kappa shape index (κ2) is 5.87. The number of thiocarbonyl (C=S) groups is 1. The van der Waals surface area contributed by atoms with Gasteiger partial charge in [-0.3, -0.25) is 4.90 Å². The van der Waals surface area contributed by atoms with Crippen LogP contribution in [-0.2, 0) is 10.0 Å². The van der Waals surface area contributed by atoms with Crippen LogP contribution in [0, 0.1) is 0 Å². The van der Waals surface area contributed by atoms with Gasteiger partial charge in [0.05, 0.1) is 11.6 Å². The third kappa shape index (κ3) is 3.95. The maximum Gasteiger partial charge on any atom is 0.220 e. The van der Waals surface area contributed by atoms with E-state index in [4.69, 9.17) is 10.8 Å². The van der Waals surface area contributed by atoms with Crippen LogP contribution < -0.4 is 5.73 Å². The molecule has 0 spiro atoms. The highest BCUT2D eigenvalue weighted by atomic mass is 32.2. The molecule has 1 aliphatic heterocycles. The van der Waals surface area contributed by atoms with Gasteiger partial charge in [-0.2, -0.15) is 4.31 Å². The van der Waals surface area contributed by atoms with Gasteiger partial charge in [0.1, 0.15) is 5.75 Å². The maximum atomic E-state index is 11.8. The fourth-order valence-electron chi connectivity index (χ4n) is 1.64. The summed E-state index contributed by atoms with van der Waals surface area (Å²) in [6.45, 7) is 2.83. The maximum absolute atomic E-state index is 11.8. The molecule has 0 atom stereocenters. The van der Waals surface area contributed by atoms with Crippen molar-refractivity contribution < 1.29 is 13.5 Å². The van der Waals surface area contributed by atoms with Gasteiger partial charge in [-0.05, 0) is 0 Å². The molecule has 94 valence electrons. The minimum absolute atomic E-state index is 0.00205. The van der Waals surface area contributed by atoms with Crippen molar-refractivity contribution in [3.63, 3.8) is 0 Å². The lowest BCUT2D eigenvalue weighted by Gasteiger charge is -2.33. The Kier molecular flexibility index (Phi) is 5.06. The second-order valence-electron chi connectivity index (χ2n) is 3.69. The Bertz CT molecular complexity index is 336. The highest BCUT2D eigenvalue weighted by Crippen LogP contribution is 2.07. The molecule has 1 saturated heterocycles. The molecule has 0 aromatic rings. The molecular weight excluding hydrogens is 250 g/mol. The first kappa shape index (κ1) is 13.8. The predicted molar refractivity (Wildman–Crippen MR) is 65.7 cm³/mol. The Morgan fingerprint density at radius 3 is 2.31 bits per heavy atom. The Morgan fingerprint density at radius 1 is 1.31 bits per heavy atom. The molecule has 0 aromatic carbocycles. The van der Waals surface area contributed by atoms with Crippen molar-refractivity contribution >= 4 is 27.2 Å². The summed E-state index contributed by atoms with van der Waals surface area (Å²) in [5, 5.41) is 8.76. The molecule has 1 aliphatic rings. The molecule has 0 amide bonds. The summed E-state index contributed by atoms with van der Waals surface area (Å²) in [7, 11) is -3.34. The topological polar surface area (TPSA) is 86.9 Å². The van der Waals surface area contributed by atoms with Gasteiger partial charge < -0.3 is 10.8 Å². The van der Waals surface area contributed by atoms with E-state index >= 15 is 0 Å². The molecule has 1 heterocycles. The lowest BCUT2D eigenvalue weighted by atomic mass is 10.4. The minimum Gasteiger partial charge on any atom is -0.395 e. The molecule has 0 bridgehead atoms. The largest absolute Gasteiger partial charge is 0.395 e. The fraction of sp³-hybridized carbons (Fsp3) is 0.875. The zero-order valence-electron chi connectivity index (χ0n) is 9.00. The van der Waals surface area contributed by atoms with Crippen LogP contribution in [0.25, 0.3) is 0 Å². The molecule has 1 rings (SSSR count). The molecule has 0 aromatic heterocycles. The van der Waals surface area contributed by atoms with E-state index < -0.39 is 10.0 Å². The third-order valence-corrected chi connectivity index (χ3v) is 4.62. The third-order valence-electron chi connectivity index (χ3n) is 2.47. The number of hydrogen-bond donors (Lipinski definition) is 2. The van der Waals surface area contributed by atoms with Crippen LogP contribution in [0.15, 0.2) is 0 Å². The quantitative estimate of drug-likeness (QED) is 0.572. The number of aliphatic hydroxyl groups excluding tert-OH is 1. The van der Waals surface area contributed by atoms with Gasteiger partial charge in [0, 0.05) is 32.7 Å². The van der Waals surface area contributed by atoms with Gasteiger partial charge in [-0.1, -0.05) is 12.2 Å². The summed E-state index contributed by atoms with van der Waals surface area (Å²) in [6, 6.07) is 0. The fourth-order valence-corrected chi connectivity index (χ4v) is 3.35. The van der Waals surface area contributed by atoms with E-state index in [-0.39, 0.29) is 17.3 Å². The van der Waals surface area contributed by atoms with Crippen LogP contribution in [0.2, 0.25) is 0 Å². The van der Waals surface area contributed by atoms with Crippen molar-refractivity contribution in [2.45, 2.75) is 0 Å². The Labute approximate surface area is 101 Å². The summed E-state index contributed by atoms with van der Waals surface area (Å²) in [5.74, 6) is -0.262. The van der Waals surface area contributed by atoms with E-state index in [9.17, 15) is 8.42 Å².